The number of nitrogens with zero attached hydrogens (tertiary/aromatic N) is 1. The topological polar surface area (TPSA) is 66.5 Å². The molecule has 0 aliphatic carbocycles. The largest absolute Gasteiger partial charge is 0.312 e. The van der Waals surface area contributed by atoms with Gasteiger partial charge in [-0.15, -0.1) is 0 Å². The van der Waals surface area contributed by atoms with Gasteiger partial charge in [-0.05, 0) is 42.3 Å². The summed E-state index contributed by atoms with van der Waals surface area (Å²) in [6.07, 6.45) is 1.37. The number of halogens is 2. The second-order valence-electron chi connectivity index (χ2n) is 5.72. The first kappa shape index (κ1) is 17.5. The molecule has 1 amide bonds. The van der Waals surface area contributed by atoms with Crippen LogP contribution >= 0.6 is 0 Å². The van der Waals surface area contributed by atoms with Gasteiger partial charge in [0.15, 0.2) is 11.6 Å². The number of carbonyl (C=O) groups excluding carboxylic acids is 1. The van der Waals surface area contributed by atoms with Crippen molar-refractivity contribution >= 4 is 21.6 Å². The summed E-state index contributed by atoms with van der Waals surface area (Å²) >= 11 is 0. The van der Waals surface area contributed by atoms with Crippen LogP contribution < -0.4 is 9.62 Å². The second kappa shape index (κ2) is 6.89. The van der Waals surface area contributed by atoms with Crippen LogP contribution in [0.5, 0.6) is 0 Å². The van der Waals surface area contributed by atoms with Crippen LogP contribution in [0.4, 0.5) is 14.5 Å². The molecule has 2 aromatic rings. The fraction of sp³-hybridized carbons (Fsp3) is 0.235. The Kier molecular flexibility index (Phi) is 4.82. The third kappa shape index (κ3) is 3.85. The van der Waals surface area contributed by atoms with Crippen molar-refractivity contribution in [3.05, 3.63) is 59.7 Å². The normalized spacial score (nSPS) is 15.0. The molecule has 0 bridgehead atoms. The summed E-state index contributed by atoms with van der Waals surface area (Å²) in [4.78, 5) is 13.0. The Morgan fingerprint density at radius 1 is 1.04 bits per heavy atom. The highest BCUT2D eigenvalue weighted by Crippen LogP contribution is 2.22. The Hall–Kier alpha value is -2.32. The summed E-state index contributed by atoms with van der Waals surface area (Å²) in [5, 5.41) is 0. The number of amides is 1. The van der Waals surface area contributed by atoms with Crippen molar-refractivity contribution < 1.29 is 22.0 Å². The van der Waals surface area contributed by atoms with Crippen molar-refractivity contribution in [3.63, 3.8) is 0 Å². The minimum Gasteiger partial charge on any atom is -0.312 e. The molecule has 3 rings (SSSR count). The summed E-state index contributed by atoms with van der Waals surface area (Å²) in [6.45, 7) is 0.677. The molecule has 8 heteroatoms. The van der Waals surface area contributed by atoms with E-state index in [1.54, 1.807) is 29.2 Å². The van der Waals surface area contributed by atoms with Gasteiger partial charge in [0.25, 0.3) is 0 Å². The first-order valence-corrected chi connectivity index (χ1v) is 9.19. The molecule has 1 aliphatic heterocycles. The van der Waals surface area contributed by atoms with Gasteiger partial charge in [0.2, 0.25) is 15.9 Å². The Balaban J connectivity index is 1.68. The maximum atomic E-state index is 13.2. The fourth-order valence-corrected chi connectivity index (χ4v) is 3.65. The zero-order chi connectivity index (χ0) is 18.0. The monoisotopic (exact) mass is 366 g/mol. The fourth-order valence-electron chi connectivity index (χ4n) is 2.62. The van der Waals surface area contributed by atoms with Crippen molar-refractivity contribution in [2.75, 3.05) is 11.4 Å². The molecule has 2 aromatic carbocycles. The van der Waals surface area contributed by atoms with E-state index < -0.39 is 21.7 Å². The highest BCUT2D eigenvalue weighted by molar-refractivity contribution is 7.89. The molecule has 1 aliphatic rings. The van der Waals surface area contributed by atoms with E-state index in [0.717, 1.165) is 24.2 Å². The lowest BCUT2D eigenvalue weighted by Gasteiger charge is -2.16. The SMILES string of the molecule is O=C1CCCN1c1ccc(CNS(=O)(=O)c2ccc(F)c(F)c2)cc1. The van der Waals surface area contributed by atoms with E-state index in [9.17, 15) is 22.0 Å². The van der Waals surface area contributed by atoms with E-state index in [4.69, 9.17) is 0 Å². The average molecular weight is 366 g/mol. The van der Waals surface area contributed by atoms with Crippen molar-refractivity contribution in [3.8, 4) is 0 Å². The Labute approximate surface area is 144 Å². The van der Waals surface area contributed by atoms with Gasteiger partial charge in [-0.2, -0.15) is 0 Å². The van der Waals surface area contributed by atoms with Gasteiger partial charge in [0, 0.05) is 25.2 Å². The predicted molar refractivity (Wildman–Crippen MR) is 88.4 cm³/mol. The first-order chi connectivity index (χ1) is 11.9. The number of benzene rings is 2. The van der Waals surface area contributed by atoms with E-state index in [-0.39, 0.29) is 17.3 Å². The number of anilines is 1. The van der Waals surface area contributed by atoms with E-state index in [1.807, 2.05) is 0 Å². The van der Waals surface area contributed by atoms with Gasteiger partial charge in [0.1, 0.15) is 0 Å². The maximum Gasteiger partial charge on any atom is 0.240 e. The smallest absolute Gasteiger partial charge is 0.240 e. The molecule has 0 unspecified atom stereocenters. The van der Waals surface area contributed by atoms with Crippen LogP contribution in [-0.4, -0.2) is 20.9 Å². The van der Waals surface area contributed by atoms with Crippen molar-refractivity contribution in [2.24, 2.45) is 0 Å². The second-order valence-corrected chi connectivity index (χ2v) is 7.48. The van der Waals surface area contributed by atoms with Crippen LogP contribution in [0.1, 0.15) is 18.4 Å². The van der Waals surface area contributed by atoms with E-state index in [0.29, 0.717) is 24.6 Å². The zero-order valence-electron chi connectivity index (χ0n) is 13.2. The summed E-state index contributed by atoms with van der Waals surface area (Å²) in [7, 11) is -3.95. The van der Waals surface area contributed by atoms with Crippen molar-refractivity contribution in [1.82, 2.24) is 4.72 Å². The summed E-state index contributed by atoms with van der Waals surface area (Å²) < 4.78 is 52.7. The number of carbonyl (C=O) groups is 1. The molecule has 5 nitrogen and oxygen atoms in total. The standard InChI is InChI=1S/C17H16F2N2O3S/c18-15-8-7-14(10-16(15)19)25(23,24)20-11-12-3-5-13(6-4-12)21-9-1-2-17(21)22/h3-8,10,20H,1-2,9,11H2. The predicted octanol–water partition coefficient (Wildman–Crippen LogP) is 2.57. The Morgan fingerprint density at radius 3 is 2.36 bits per heavy atom. The molecule has 0 radical (unpaired) electrons. The van der Waals surface area contributed by atoms with Crippen LogP contribution in [0.15, 0.2) is 47.4 Å². The molecule has 0 saturated carbocycles. The molecule has 132 valence electrons. The molecule has 1 heterocycles. The van der Waals surface area contributed by atoms with Gasteiger partial charge in [0.05, 0.1) is 4.90 Å². The quantitative estimate of drug-likeness (QED) is 0.884. The zero-order valence-corrected chi connectivity index (χ0v) is 14.0. The van der Waals surface area contributed by atoms with Crippen LogP contribution in [0.25, 0.3) is 0 Å². The van der Waals surface area contributed by atoms with Gasteiger partial charge in [-0.25, -0.2) is 21.9 Å². The first-order valence-electron chi connectivity index (χ1n) is 7.71. The number of hydrogen-bond acceptors (Lipinski definition) is 3. The molecule has 0 atom stereocenters. The van der Waals surface area contributed by atoms with E-state index in [1.165, 1.54) is 0 Å². The average Bonchev–Trinajstić information content (AvgIpc) is 3.02. The van der Waals surface area contributed by atoms with E-state index in [2.05, 4.69) is 4.72 Å². The lowest BCUT2D eigenvalue weighted by molar-refractivity contribution is -0.117. The third-order valence-corrected chi connectivity index (χ3v) is 5.39. The van der Waals surface area contributed by atoms with Gasteiger partial charge < -0.3 is 4.90 Å². The van der Waals surface area contributed by atoms with Crippen LogP contribution in [0.2, 0.25) is 0 Å². The van der Waals surface area contributed by atoms with Crippen LogP contribution in [-0.2, 0) is 21.4 Å². The number of nitrogens with one attached hydrogen (secondary N) is 1. The highest BCUT2D eigenvalue weighted by atomic mass is 32.2. The Morgan fingerprint density at radius 2 is 1.76 bits per heavy atom. The molecular formula is C17H16F2N2O3S. The number of hydrogen-bond donors (Lipinski definition) is 1. The summed E-state index contributed by atoms with van der Waals surface area (Å²) in [6, 6.07) is 9.35. The van der Waals surface area contributed by atoms with Crippen molar-refractivity contribution in [1.29, 1.82) is 0 Å². The molecular weight excluding hydrogens is 350 g/mol. The minimum atomic E-state index is -3.95. The highest BCUT2D eigenvalue weighted by Gasteiger charge is 2.21. The van der Waals surface area contributed by atoms with Crippen LogP contribution in [0, 0.1) is 11.6 Å². The Bertz CT molecular complexity index is 899. The minimum absolute atomic E-state index is 0.00441. The molecule has 25 heavy (non-hydrogen) atoms. The van der Waals surface area contributed by atoms with Gasteiger partial charge in [-0.3, -0.25) is 4.79 Å². The summed E-state index contributed by atoms with van der Waals surface area (Å²) in [5.41, 5.74) is 1.45. The van der Waals surface area contributed by atoms with E-state index >= 15 is 0 Å². The maximum absolute atomic E-state index is 13.2. The van der Waals surface area contributed by atoms with Crippen LogP contribution in [0.3, 0.4) is 0 Å². The molecule has 0 aromatic heterocycles. The van der Waals surface area contributed by atoms with Crippen molar-refractivity contribution in [2.45, 2.75) is 24.3 Å². The summed E-state index contributed by atoms with van der Waals surface area (Å²) in [5.74, 6) is -2.25. The lowest BCUT2D eigenvalue weighted by Crippen LogP contribution is -2.24. The van der Waals surface area contributed by atoms with Gasteiger partial charge in [-0.1, -0.05) is 12.1 Å². The van der Waals surface area contributed by atoms with Gasteiger partial charge >= 0.3 is 0 Å². The molecule has 0 spiro atoms. The molecule has 1 saturated heterocycles. The third-order valence-electron chi connectivity index (χ3n) is 3.99. The molecule has 1 N–H and O–H groups in total. The lowest BCUT2D eigenvalue weighted by atomic mass is 10.2. The number of sulfonamides is 1. The number of rotatable bonds is 5. The molecule has 1 fully saturated rings.